The number of aromatic nitrogens is 3. The summed E-state index contributed by atoms with van der Waals surface area (Å²) >= 11 is 0. The molecule has 0 bridgehead atoms. The third-order valence-electron chi connectivity index (χ3n) is 5.89. The lowest BCUT2D eigenvalue weighted by molar-refractivity contribution is -0.160. The number of carbonyl (C=O) groups is 1. The zero-order chi connectivity index (χ0) is 27.4. The summed E-state index contributed by atoms with van der Waals surface area (Å²) in [4.78, 5) is 20.9. The van der Waals surface area contributed by atoms with Crippen molar-refractivity contribution in [3.05, 3.63) is 54.1 Å². The van der Waals surface area contributed by atoms with Crippen molar-refractivity contribution in [3.8, 4) is 0 Å². The average Bonchev–Trinajstić information content (AvgIpc) is 3.11. The van der Waals surface area contributed by atoms with Gasteiger partial charge in [0.25, 0.3) is 0 Å². The van der Waals surface area contributed by atoms with Crippen LogP contribution in [-0.2, 0) is 30.8 Å². The summed E-state index contributed by atoms with van der Waals surface area (Å²) in [6, 6.07) is 8.40. The number of likely N-dealkylation sites (N-methyl/N-ethyl adjacent to an activating group) is 1. The number of rotatable bonds is 11. The van der Waals surface area contributed by atoms with Gasteiger partial charge >= 0.3 is 5.97 Å². The number of fused-ring (bicyclic) bond motifs is 1. The standard InChI is InChI=1S/C27H38N4O5S/c1-19(2)14-22(17-35-18-26(32)36-27(4,5)6)30(7)37(33,34)23-10-8-21(9-11-23)16-31-20(3)29-24-15-28-13-12-25(24)31/h8-13,15,19,22H,14,16-18H2,1-7H3. The Balaban J connectivity index is 1.71. The minimum atomic E-state index is -3.78. The van der Waals surface area contributed by atoms with Crippen LogP contribution in [0.4, 0.5) is 0 Å². The van der Waals surface area contributed by atoms with Crippen molar-refractivity contribution in [2.45, 2.75) is 71.0 Å². The number of hydrogen-bond donors (Lipinski definition) is 0. The summed E-state index contributed by atoms with van der Waals surface area (Å²) in [7, 11) is -2.22. The smallest absolute Gasteiger partial charge is 0.332 e. The van der Waals surface area contributed by atoms with E-state index in [0.29, 0.717) is 13.0 Å². The Kier molecular flexibility index (Phi) is 9.09. The van der Waals surface area contributed by atoms with Crippen molar-refractivity contribution in [1.29, 1.82) is 0 Å². The first kappa shape index (κ1) is 28.7. The molecule has 0 N–H and O–H groups in total. The molecular weight excluding hydrogens is 492 g/mol. The summed E-state index contributed by atoms with van der Waals surface area (Å²) in [6.45, 7) is 11.8. The second kappa shape index (κ2) is 11.7. The molecule has 0 saturated carbocycles. The minimum Gasteiger partial charge on any atom is -0.458 e. The first-order valence-electron chi connectivity index (χ1n) is 12.4. The molecule has 0 saturated heterocycles. The second-order valence-electron chi connectivity index (χ2n) is 10.7. The predicted molar refractivity (Wildman–Crippen MR) is 143 cm³/mol. The molecule has 37 heavy (non-hydrogen) atoms. The van der Waals surface area contributed by atoms with E-state index in [0.717, 1.165) is 22.4 Å². The van der Waals surface area contributed by atoms with Gasteiger partial charge < -0.3 is 14.0 Å². The molecule has 0 fully saturated rings. The molecule has 10 heteroatoms. The van der Waals surface area contributed by atoms with E-state index in [-0.39, 0.29) is 24.0 Å². The fourth-order valence-electron chi connectivity index (χ4n) is 4.13. The number of aryl methyl sites for hydroxylation is 1. The van der Waals surface area contributed by atoms with Gasteiger partial charge in [-0.1, -0.05) is 26.0 Å². The van der Waals surface area contributed by atoms with Gasteiger partial charge in [0.1, 0.15) is 23.5 Å². The van der Waals surface area contributed by atoms with Gasteiger partial charge in [-0.2, -0.15) is 4.31 Å². The first-order valence-corrected chi connectivity index (χ1v) is 13.9. The molecule has 0 spiro atoms. The second-order valence-corrected chi connectivity index (χ2v) is 12.7. The molecule has 0 aliphatic carbocycles. The van der Waals surface area contributed by atoms with E-state index in [1.54, 1.807) is 52.3 Å². The van der Waals surface area contributed by atoms with Crippen molar-refractivity contribution in [2.75, 3.05) is 20.3 Å². The van der Waals surface area contributed by atoms with Crippen LogP contribution < -0.4 is 0 Å². The number of sulfonamides is 1. The van der Waals surface area contributed by atoms with E-state index in [1.165, 1.54) is 4.31 Å². The Bertz CT molecular complexity index is 1310. The van der Waals surface area contributed by atoms with Crippen molar-refractivity contribution in [1.82, 2.24) is 18.8 Å². The van der Waals surface area contributed by atoms with Crippen LogP contribution in [0.5, 0.6) is 0 Å². The highest BCUT2D eigenvalue weighted by Crippen LogP contribution is 2.22. The van der Waals surface area contributed by atoms with Crippen molar-refractivity contribution < 1.29 is 22.7 Å². The quantitative estimate of drug-likeness (QED) is 0.343. The summed E-state index contributed by atoms with van der Waals surface area (Å²) < 4.78 is 41.2. The molecule has 0 amide bonds. The van der Waals surface area contributed by atoms with Crippen LogP contribution in [0.15, 0.2) is 47.6 Å². The zero-order valence-electron chi connectivity index (χ0n) is 22.8. The van der Waals surface area contributed by atoms with Crippen molar-refractivity contribution in [3.63, 3.8) is 0 Å². The Morgan fingerprint density at radius 2 is 1.81 bits per heavy atom. The molecule has 3 rings (SSSR count). The lowest BCUT2D eigenvalue weighted by Gasteiger charge is -2.29. The van der Waals surface area contributed by atoms with Crippen molar-refractivity contribution >= 4 is 27.0 Å². The fourth-order valence-corrected chi connectivity index (χ4v) is 5.48. The molecular formula is C27H38N4O5S. The van der Waals surface area contributed by atoms with Gasteiger partial charge in [-0.25, -0.2) is 18.2 Å². The molecule has 2 aromatic heterocycles. The van der Waals surface area contributed by atoms with Crippen LogP contribution in [0, 0.1) is 12.8 Å². The average molecular weight is 531 g/mol. The maximum Gasteiger partial charge on any atom is 0.332 e. The van der Waals surface area contributed by atoms with E-state index in [1.807, 2.05) is 39.0 Å². The first-order chi connectivity index (χ1) is 17.3. The molecule has 3 aromatic rings. The lowest BCUT2D eigenvalue weighted by Crippen LogP contribution is -2.41. The summed E-state index contributed by atoms with van der Waals surface area (Å²) in [5, 5.41) is 0. The molecule has 2 heterocycles. The van der Waals surface area contributed by atoms with Crippen LogP contribution in [-0.4, -0.2) is 65.1 Å². The van der Waals surface area contributed by atoms with Gasteiger partial charge in [0.15, 0.2) is 0 Å². The summed E-state index contributed by atoms with van der Waals surface area (Å²) in [5.41, 5.74) is 2.16. The molecule has 1 unspecified atom stereocenters. The number of imidazole rings is 1. The van der Waals surface area contributed by atoms with Crippen LogP contribution in [0.25, 0.3) is 11.0 Å². The number of pyridine rings is 1. The Hall–Kier alpha value is -2.82. The van der Waals surface area contributed by atoms with Crippen molar-refractivity contribution in [2.24, 2.45) is 5.92 Å². The molecule has 1 atom stereocenters. The van der Waals surface area contributed by atoms with Gasteiger partial charge in [-0.05, 0) is 63.8 Å². The topological polar surface area (TPSA) is 104 Å². The third kappa shape index (κ3) is 7.59. The number of esters is 1. The largest absolute Gasteiger partial charge is 0.458 e. The van der Waals surface area contributed by atoms with E-state index in [2.05, 4.69) is 14.5 Å². The van der Waals surface area contributed by atoms with Gasteiger partial charge in [0, 0.05) is 25.8 Å². The van der Waals surface area contributed by atoms with Crippen LogP contribution in [0.2, 0.25) is 0 Å². The van der Waals surface area contributed by atoms with E-state index in [9.17, 15) is 13.2 Å². The molecule has 9 nitrogen and oxygen atoms in total. The van der Waals surface area contributed by atoms with Gasteiger partial charge in [0.05, 0.1) is 23.2 Å². The monoisotopic (exact) mass is 530 g/mol. The lowest BCUT2D eigenvalue weighted by atomic mass is 10.0. The fraction of sp³-hybridized carbons (Fsp3) is 0.519. The number of nitrogens with zero attached hydrogens (tertiary/aromatic N) is 4. The zero-order valence-corrected chi connectivity index (χ0v) is 23.6. The van der Waals surface area contributed by atoms with E-state index in [4.69, 9.17) is 9.47 Å². The molecule has 0 radical (unpaired) electrons. The summed E-state index contributed by atoms with van der Waals surface area (Å²) in [6.07, 6.45) is 4.05. The number of ether oxygens (including phenoxy) is 2. The van der Waals surface area contributed by atoms with Crippen LogP contribution in [0.1, 0.15) is 52.4 Å². The molecule has 1 aromatic carbocycles. The Labute approximate surface area is 219 Å². The predicted octanol–water partition coefficient (Wildman–Crippen LogP) is 4.18. The Morgan fingerprint density at radius 3 is 2.43 bits per heavy atom. The third-order valence-corrected chi connectivity index (χ3v) is 7.81. The maximum atomic E-state index is 13.5. The Morgan fingerprint density at radius 1 is 1.14 bits per heavy atom. The number of benzene rings is 1. The van der Waals surface area contributed by atoms with Crippen LogP contribution >= 0.6 is 0 Å². The highest BCUT2D eigenvalue weighted by Gasteiger charge is 2.29. The van der Waals surface area contributed by atoms with E-state index >= 15 is 0 Å². The summed E-state index contributed by atoms with van der Waals surface area (Å²) in [5.74, 6) is 0.620. The minimum absolute atomic E-state index is 0.0904. The SMILES string of the molecule is Cc1nc2cnccc2n1Cc1ccc(S(=O)(=O)N(C)C(COCC(=O)OC(C)(C)C)CC(C)C)cc1. The van der Waals surface area contributed by atoms with Gasteiger partial charge in [-0.15, -0.1) is 0 Å². The van der Waals surface area contributed by atoms with Gasteiger partial charge in [-0.3, -0.25) is 4.98 Å². The van der Waals surface area contributed by atoms with Gasteiger partial charge in [0.2, 0.25) is 10.0 Å². The highest BCUT2D eigenvalue weighted by molar-refractivity contribution is 7.89. The van der Waals surface area contributed by atoms with Crippen LogP contribution in [0.3, 0.4) is 0 Å². The molecule has 202 valence electrons. The number of carbonyl (C=O) groups excluding carboxylic acids is 1. The van der Waals surface area contributed by atoms with E-state index < -0.39 is 27.6 Å². The number of hydrogen-bond acceptors (Lipinski definition) is 7. The highest BCUT2D eigenvalue weighted by atomic mass is 32.2. The maximum absolute atomic E-state index is 13.5. The normalized spacial score (nSPS) is 13.4. The molecule has 0 aliphatic heterocycles. The molecule has 0 aliphatic rings.